The minimum Gasteiger partial charge on any atom is -0.390 e. The third kappa shape index (κ3) is 3.00. The topological polar surface area (TPSA) is 136 Å². The fourth-order valence-electron chi connectivity index (χ4n) is 6.40. The molecule has 4 aliphatic carbocycles. The predicted molar refractivity (Wildman–Crippen MR) is 112 cm³/mol. The van der Waals surface area contributed by atoms with E-state index in [1.807, 2.05) is 0 Å². The van der Waals surface area contributed by atoms with E-state index in [0.717, 1.165) is 32.1 Å². The highest BCUT2D eigenvalue weighted by atomic mass is 16.3. The molecule has 10 heteroatoms. The number of guanidine groups is 1. The van der Waals surface area contributed by atoms with Crippen molar-refractivity contribution in [3.63, 3.8) is 0 Å². The lowest BCUT2D eigenvalue weighted by molar-refractivity contribution is -0.129. The zero-order chi connectivity index (χ0) is 21.3. The number of nitrogens with zero attached hydrogens (tertiary/aromatic N) is 4. The maximum Gasteiger partial charge on any atom is 0.268 e. The van der Waals surface area contributed by atoms with Crippen molar-refractivity contribution in [2.75, 3.05) is 18.9 Å². The summed E-state index contributed by atoms with van der Waals surface area (Å²) in [5.74, 6) is 0.903. The molecule has 4 bridgehead atoms. The third-order valence-corrected chi connectivity index (χ3v) is 7.43. The van der Waals surface area contributed by atoms with Crippen molar-refractivity contribution in [3.8, 4) is 0 Å². The Morgan fingerprint density at radius 1 is 1.26 bits per heavy atom. The van der Waals surface area contributed by atoms with E-state index in [4.69, 9.17) is 0 Å². The number of hydrogen-bond donors (Lipinski definition) is 4. The molecule has 1 unspecified atom stereocenters. The highest BCUT2D eigenvalue weighted by Crippen LogP contribution is 2.56. The highest BCUT2D eigenvalue weighted by molar-refractivity contribution is 6.14. The molecule has 5 atom stereocenters. The number of amides is 2. The molecule has 4 N–H and O–H groups in total. The molecule has 2 amide bonds. The van der Waals surface area contributed by atoms with Crippen LogP contribution in [0.3, 0.4) is 0 Å². The number of imidazole rings is 1. The SMILES string of the molecule is CN1CC(=O)N=C1NC(=O)c1cnc2[nH]cnc2c1N[C@H]1[C@@H]2CC3C[C@H]1C[C@@](O)(C3)C2. The predicted octanol–water partition coefficient (Wildman–Crippen LogP) is 0.867. The second-order valence-corrected chi connectivity index (χ2v) is 9.65. The number of nitrogens with one attached hydrogen (secondary N) is 3. The Morgan fingerprint density at radius 2 is 2.03 bits per heavy atom. The lowest BCUT2D eigenvalue weighted by Crippen LogP contribution is -2.59. The van der Waals surface area contributed by atoms with Crippen LogP contribution in [0.25, 0.3) is 11.2 Å². The molecule has 5 aliphatic rings. The van der Waals surface area contributed by atoms with E-state index in [2.05, 4.69) is 30.6 Å². The summed E-state index contributed by atoms with van der Waals surface area (Å²) < 4.78 is 0. The van der Waals surface area contributed by atoms with E-state index in [1.165, 1.54) is 6.20 Å². The van der Waals surface area contributed by atoms with Gasteiger partial charge in [0.1, 0.15) is 12.1 Å². The molecule has 31 heavy (non-hydrogen) atoms. The summed E-state index contributed by atoms with van der Waals surface area (Å²) in [6.45, 7) is 0.146. The first kappa shape index (κ1) is 18.7. The summed E-state index contributed by atoms with van der Waals surface area (Å²) in [6, 6.07) is 0.179. The van der Waals surface area contributed by atoms with Crippen LogP contribution in [0, 0.1) is 17.8 Å². The van der Waals surface area contributed by atoms with Crippen LogP contribution in [0.2, 0.25) is 0 Å². The summed E-state index contributed by atoms with van der Waals surface area (Å²) in [4.78, 5) is 42.0. The maximum atomic E-state index is 13.1. The normalized spacial score (nSPS) is 33.8. The standard InChI is InChI=1S/C21H25N7O3/c1-28-8-14(29)25-20(28)27-19(30)13-7-22-18-17(23-9-24-18)16(13)26-15-11-2-10-3-12(15)6-21(31,4-10)5-11/h7,9-12,15,31H,2-6,8H2,1H3,(H2,22,23,24,26)(H,25,27,29,30)/t10?,11-,12+,15+,21-. The Morgan fingerprint density at radius 3 is 2.71 bits per heavy atom. The van der Waals surface area contributed by atoms with Gasteiger partial charge in [-0.1, -0.05) is 0 Å². The molecular formula is C21H25N7O3. The van der Waals surface area contributed by atoms with Crippen molar-refractivity contribution in [2.24, 2.45) is 22.7 Å². The summed E-state index contributed by atoms with van der Waals surface area (Å²) in [5.41, 5.74) is 1.69. The first-order valence-electron chi connectivity index (χ1n) is 10.8. The van der Waals surface area contributed by atoms with Gasteiger partial charge in [0.05, 0.1) is 23.2 Å². The summed E-state index contributed by atoms with van der Waals surface area (Å²) in [5, 5.41) is 17.3. The average molecular weight is 423 g/mol. The van der Waals surface area contributed by atoms with E-state index in [1.54, 1.807) is 18.3 Å². The van der Waals surface area contributed by atoms with Crippen LogP contribution in [0.4, 0.5) is 5.69 Å². The van der Waals surface area contributed by atoms with Gasteiger partial charge in [-0.25, -0.2) is 9.97 Å². The number of H-pyrrole nitrogens is 1. The molecule has 1 aliphatic heterocycles. The van der Waals surface area contributed by atoms with Gasteiger partial charge in [-0.2, -0.15) is 4.99 Å². The van der Waals surface area contributed by atoms with Gasteiger partial charge < -0.3 is 20.3 Å². The molecule has 0 spiro atoms. The van der Waals surface area contributed by atoms with Crippen molar-refractivity contribution in [1.82, 2.24) is 25.2 Å². The zero-order valence-electron chi connectivity index (χ0n) is 17.3. The monoisotopic (exact) mass is 423 g/mol. The molecule has 0 saturated heterocycles. The number of aliphatic hydroxyl groups is 1. The fourth-order valence-corrected chi connectivity index (χ4v) is 6.40. The highest BCUT2D eigenvalue weighted by Gasteiger charge is 2.54. The van der Waals surface area contributed by atoms with Crippen LogP contribution in [0.1, 0.15) is 42.5 Å². The quantitative estimate of drug-likeness (QED) is 0.575. The van der Waals surface area contributed by atoms with Gasteiger partial charge in [0.15, 0.2) is 5.65 Å². The van der Waals surface area contributed by atoms with E-state index in [9.17, 15) is 14.7 Å². The molecule has 4 fully saturated rings. The summed E-state index contributed by atoms with van der Waals surface area (Å²) in [7, 11) is 1.71. The van der Waals surface area contributed by atoms with Crippen molar-refractivity contribution < 1.29 is 14.7 Å². The Hall–Kier alpha value is -3.01. The smallest absolute Gasteiger partial charge is 0.268 e. The molecule has 162 valence electrons. The average Bonchev–Trinajstić information content (AvgIpc) is 3.29. The number of carbonyl (C=O) groups excluding carboxylic acids is 2. The number of pyridine rings is 1. The number of rotatable bonds is 3. The molecule has 0 aromatic carbocycles. The molecule has 2 aromatic heterocycles. The Labute approximate surface area is 178 Å². The lowest BCUT2D eigenvalue weighted by Gasteiger charge is -2.58. The molecule has 10 nitrogen and oxygen atoms in total. The van der Waals surface area contributed by atoms with E-state index in [-0.39, 0.29) is 30.4 Å². The number of carbonyl (C=O) groups is 2. The molecule has 4 saturated carbocycles. The van der Waals surface area contributed by atoms with Gasteiger partial charge in [-0.3, -0.25) is 14.9 Å². The zero-order valence-corrected chi connectivity index (χ0v) is 17.3. The maximum absolute atomic E-state index is 13.1. The number of aromatic amines is 1. The second-order valence-electron chi connectivity index (χ2n) is 9.65. The first-order valence-corrected chi connectivity index (χ1v) is 10.8. The number of likely N-dealkylation sites (N-methyl/N-ethyl adjacent to an activating group) is 1. The molecular weight excluding hydrogens is 398 g/mol. The second kappa shape index (κ2) is 6.49. The molecule has 3 heterocycles. The van der Waals surface area contributed by atoms with Gasteiger partial charge in [-0.15, -0.1) is 0 Å². The van der Waals surface area contributed by atoms with Crippen LogP contribution in [0.15, 0.2) is 17.5 Å². The number of aromatic nitrogens is 3. The van der Waals surface area contributed by atoms with Gasteiger partial charge >= 0.3 is 0 Å². The molecule has 0 radical (unpaired) electrons. The number of aliphatic imine (C=N–C) groups is 1. The van der Waals surface area contributed by atoms with Crippen LogP contribution in [-0.4, -0.2) is 68.0 Å². The fraction of sp³-hybridized carbons (Fsp3) is 0.571. The van der Waals surface area contributed by atoms with Crippen LogP contribution < -0.4 is 10.6 Å². The minimum atomic E-state index is -0.521. The molecule has 2 aromatic rings. The lowest BCUT2D eigenvalue weighted by atomic mass is 9.52. The summed E-state index contributed by atoms with van der Waals surface area (Å²) >= 11 is 0. The van der Waals surface area contributed by atoms with Gasteiger partial charge in [0.25, 0.3) is 11.8 Å². The van der Waals surface area contributed by atoms with Gasteiger partial charge in [0.2, 0.25) is 5.96 Å². The van der Waals surface area contributed by atoms with Crippen molar-refractivity contribution in [3.05, 3.63) is 18.1 Å². The van der Waals surface area contributed by atoms with Gasteiger partial charge in [0, 0.05) is 19.3 Å². The van der Waals surface area contributed by atoms with Crippen molar-refractivity contribution in [2.45, 2.75) is 43.7 Å². The van der Waals surface area contributed by atoms with Gasteiger partial charge in [-0.05, 0) is 49.9 Å². The van der Waals surface area contributed by atoms with E-state index in [0.29, 0.717) is 40.2 Å². The Balaban J connectivity index is 1.34. The number of hydrogen-bond acceptors (Lipinski definition) is 7. The number of anilines is 1. The first-order chi connectivity index (χ1) is 14.9. The largest absolute Gasteiger partial charge is 0.390 e. The minimum absolute atomic E-state index is 0.146. The summed E-state index contributed by atoms with van der Waals surface area (Å²) in [6.07, 6.45) is 7.84. The van der Waals surface area contributed by atoms with Crippen LogP contribution >= 0.6 is 0 Å². The molecule has 7 rings (SSSR count). The Bertz CT molecular complexity index is 1110. The van der Waals surface area contributed by atoms with E-state index < -0.39 is 5.60 Å². The van der Waals surface area contributed by atoms with Crippen molar-refractivity contribution in [1.29, 1.82) is 0 Å². The van der Waals surface area contributed by atoms with Crippen molar-refractivity contribution >= 4 is 34.6 Å². The Kier molecular flexibility index (Phi) is 3.92. The van der Waals surface area contributed by atoms with Crippen LogP contribution in [-0.2, 0) is 4.79 Å². The number of fused-ring (bicyclic) bond motifs is 1. The van der Waals surface area contributed by atoms with E-state index >= 15 is 0 Å². The van der Waals surface area contributed by atoms with Crippen LogP contribution in [0.5, 0.6) is 0 Å². The third-order valence-electron chi connectivity index (χ3n) is 7.43.